The molecular formula is C25H28. The number of hydrogen-bond acceptors (Lipinski definition) is 0. The maximum Gasteiger partial charge on any atom is -0.0162 e. The Kier molecular flexibility index (Phi) is 6.88. The highest BCUT2D eigenvalue weighted by Crippen LogP contribution is 2.27. The minimum atomic E-state index is 0.675. The zero-order chi connectivity index (χ0) is 17.2. The predicted octanol–water partition coefficient (Wildman–Crippen LogP) is 6.82. The molecule has 0 aliphatic rings. The molecule has 0 amide bonds. The van der Waals surface area contributed by atoms with E-state index in [9.17, 15) is 0 Å². The van der Waals surface area contributed by atoms with E-state index in [-0.39, 0.29) is 0 Å². The molecule has 0 N–H and O–H groups in total. The van der Waals surface area contributed by atoms with Crippen LogP contribution in [0.1, 0.15) is 48.3 Å². The zero-order valence-electron chi connectivity index (χ0n) is 15.0. The molecule has 0 heterocycles. The molecule has 0 saturated heterocycles. The molecule has 25 heavy (non-hydrogen) atoms. The Hall–Kier alpha value is -2.34. The summed E-state index contributed by atoms with van der Waals surface area (Å²) in [4.78, 5) is 0. The fourth-order valence-corrected chi connectivity index (χ4v) is 3.60. The Morgan fingerprint density at radius 3 is 1.32 bits per heavy atom. The fourth-order valence-electron chi connectivity index (χ4n) is 3.60. The third-order valence-electron chi connectivity index (χ3n) is 4.99. The van der Waals surface area contributed by atoms with Gasteiger partial charge in [-0.25, -0.2) is 0 Å². The quantitative estimate of drug-likeness (QED) is 0.404. The van der Waals surface area contributed by atoms with E-state index < -0.39 is 0 Å². The van der Waals surface area contributed by atoms with Gasteiger partial charge in [0.25, 0.3) is 0 Å². The highest BCUT2D eigenvalue weighted by Gasteiger charge is 2.11. The van der Waals surface area contributed by atoms with E-state index in [1.54, 1.807) is 0 Å². The van der Waals surface area contributed by atoms with Crippen molar-refractivity contribution in [1.29, 1.82) is 0 Å². The van der Waals surface area contributed by atoms with Crippen molar-refractivity contribution < 1.29 is 0 Å². The summed E-state index contributed by atoms with van der Waals surface area (Å²) in [5.74, 6) is 0.675. The Balaban J connectivity index is 1.54. The molecule has 3 aromatic rings. The Morgan fingerprint density at radius 2 is 0.880 bits per heavy atom. The largest absolute Gasteiger partial charge is 0.0622 e. The SMILES string of the molecule is c1ccc(CCCC(CCCc2ccccc2)c2ccccc2)cc1. The molecule has 0 atom stereocenters. The van der Waals surface area contributed by atoms with Gasteiger partial charge in [-0.3, -0.25) is 0 Å². The number of hydrogen-bond donors (Lipinski definition) is 0. The summed E-state index contributed by atoms with van der Waals surface area (Å²) in [7, 11) is 0. The molecule has 3 aromatic carbocycles. The third kappa shape index (κ3) is 5.90. The smallest absolute Gasteiger partial charge is 0.0162 e. The molecule has 0 radical (unpaired) electrons. The van der Waals surface area contributed by atoms with Crippen LogP contribution in [0, 0.1) is 0 Å². The van der Waals surface area contributed by atoms with Crippen molar-refractivity contribution in [3.05, 3.63) is 108 Å². The first kappa shape index (κ1) is 17.5. The Bertz CT molecular complexity index is 655. The molecule has 0 bridgehead atoms. The second kappa shape index (κ2) is 9.84. The van der Waals surface area contributed by atoms with Gasteiger partial charge in [-0.15, -0.1) is 0 Å². The monoisotopic (exact) mass is 328 g/mol. The van der Waals surface area contributed by atoms with E-state index in [1.807, 2.05) is 0 Å². The van der Waals surface area contributed by atoms with Gasteiger partial charge in [0.2, 0.25) is 0 Å². The van der Waals surface area contributed by atoms with Crippen LogP contribution in [0.5, 0.6) is 0 Å². The Morgan fingerprint density at radius 1 is 0.480 bits per heavy atom. The molecule has 0 aliphatic heterocycles. The van der Waals surface area contributed by atoms with Crippen molar-refractivity contribution in [2.45, 2.75) is 44.4 Å². The molecule has 0 heteroatoms. The van der Waals surface area contributed by atoms with Gasteiger partial charge in [0.05, 0.1) is 0 Å². The van der Waals surface area contributed by atoms with Crippen LogP contribution < -0.4 is 0 Å². The standard InChI is InChI=1S/C25H28/c1-4-12-22(13-5-1)16-10-20-25(24-18-8-3-9-19-24)21-11-17-23-14-6-2-7-15-23/h1-9,12-15,18-19,25H,10-11,16-17,20-21H2. The van der Waals surface area contributed by atoms with Gasteiger partial charge in [-0.2, -0.15) is 0 Å². The van der Waals surface area contributed by atoms with Gasteiger partial charge in [0.15, 0.2) is 0 Å². The summed E-state index contributed by atoms with van der Waals surface area (Å²) in [5, 5.41) is 0. The van der Waals surface area contributed by atoms with Crippen LogP contribution in [-0.2, 0) is 12.8 Å². The van der Waals surface area contributed by atoms with Gasteiger partial charge in [-0.1, -0.05) is 91.0 Å². The maximum atomic E-state index is 2.30. The molecule has 0 aliphatic carbocycles. The van der Waals surface area contributed by atoms with E-state index in [0.29, 0.717) is 5.92 Å². The van der Waals surface area contributed by atoms with Crippen molar-refractivity contribution in [2.75, 3.05) is 0 Å². The summed E-state index contributed by atoms with van der Waals surface area (Å²) in [6, 6.07) is 32.8. The topological polar surface area (TPSA) is 0 Å². The van der Waals surface area contributed by atoms with Crippen molar-refractivity contribution in [2.24, 2.45) is 0 Å². The molecular weight excluding hydrogens is 300 g/mol. The number of rotatable bonds is 9. The summed E-state index contributed by atoms with van der Waals surface area (Å²) < 4.78 is 0. The lowest BCUT2D eigenvalue weighted by molar-refractivity contribution is 0.532. The summed E-state index contributed by atoms with van der Waals surface area (Å²) in [5.41, 5.74) is 4.42. The summed E-state index contributed by atoms with van der Waals surface area (Å²) in [6.45, 7) is 0. The van der Waals surface area contributed by atoms with Crippen LogP contribution in [0.2, 0.25) is 0 Å². The minimum absolute atomic E-state index is 0.675. The first-order chi connectivity index (χ1) is 12.4. The van der Waals surface area contributed by atoms with Gasteiger partial charge >= 0.3 is 0 Å². The van der Waals surface area contributed by atoms with Crippen molar-refractivity contribution >= 4 is 0 Å². The lowest BCUT2D eigenvalue weighted by Gasteiger charge is -2.17. The van der Waals surface area contributed by atoms with Crippen molar-refractivity contribution in [1.82, 2.24) is 0 Å². The lowest BCUT2D eigenvalue weighted by Crippen LogP contribution is -2.01. The van der Waals surface area contributed by atoms with E-state index in [2.05, 4.69) is 91.0 Å². The van der Waals surface area contributed by atoms with Crippen LogP contribution in [0.3, 0.4) is 0 Å². The van der Waals surface area contributed by atoms with Crippen molar-refractivity contribution in [3.8, 4) is 0 Å². The lowest BCUT2D eigenvalue weighted by atomic mass is 9.88. The van der Waals surface area contributed by atoms with Crippen molar-refractivity contribution in [3.63, 3.8) is 0 Å². The summed E-state index contributed by atoms with van der Waals surface area (Å²) >= 11 is 0. The molecule has 0 unspecified atom stereocenters. The van der Waals surface area contributed by atoms with E-state index in [4.69, 9.17) is 0 Å². The normalized spacial score (nSPS) is 10.9. The molecule has 128 valence electrons. The van der Waals surface area contributed by atoms with Gasteiger partial charge < -0.3 is 0 Å². The number of benzene rings is 3. The molecule has 0 spiro atoms. The summed E-state index contributed by atoms with van der Waals surface area (Å²) in [6.07, 6.45) is 7.43. The van der Waals surface area contributed by atoms with E-state index in [1.165, 1.54) is 55.2 Å². The molecule has 0 nitrogen and oxygen atoms in total. The first-order valence-corrected chi connectivity index (χ1v) is 9.54. The van der Waals surface area contributed by atoms with Gasteiger partial charge in [-0.05, 0) is 61.1 Å². The van der Waals surface area contributed by atoms with E-state index >= 15 is 0 Å². The van der Waals surface area contributed by atoms with Gasteiger partial charge in [0, 0.05) is 0 Å². The molecule has 0 aromatic heterocycles. The second-order valence-corrected chi connectivity index (χ2v) is 6.86. The van der Waals surface area contributed by atoms with Crippen LogP contribution in [-0.4, -0.2) is 0 Å². The first-order valence-electron chi connectivity index (χ1n) is 9.54. The predicted molar refractivity (Wildman–Crippen MR) is 108 cm³/mol. The Labute approximate surface area is 152 Å². The average molecular weight is 328 g/mol. The van der Waals surface area contributed by atoms with Crippen LogP contribution >= 0.6 is 0 Å². The average Bonchev–Trinajstić information content (AvgIpc) is 2.69. The van der Waals surface area contributed by atoms with Crippen LogP contribution in [0.25, 0.3) is 0 Å². The fraction of sp³-hybridized carbons (Fsp3) is 0.280. The second-order valence-electron chi connectivity index (χ2n) is 6.86. The zero-order valence-corrected chi connectivity index (χ0v) is 15.0. The van der Waals surface area contributed by atoms with Crippen LogP contribution in [0.4, 0.5) is 0 Å². The van der Waals surface area contributed by atoms with Crippen LogP contribution in [0.15, 0.2) is 91.0 Å². The van der Waals surface area contributed by atoms with Gasteiger partial charge in [0.1, 0.15) is 0 Å². The molecule has 0 saturated carbocycles. The number of aryl methyl sites for hydroxylation is 2. The highest BCUT2D eigenvalue weighted by molar-refractivity contribution is 5.20. The third-order valence-corrected chi connectivity index (χ3v) is 4.99. The maximum absolute atomic E-state index is 2.30. The molecule has 0 fully saturated rings. The van der Waals surface area contributed by atoms with E-state index in [0.717, 1.165) is 0 Å². The minimum Gasteiger partial charge on any atom is -0.0622 e. The highest BCUT2D eigenvalue weighted by atomic mass is 14.2. The molecule has 3 rings (SSSR count).